The van der Waals surface area contributed by atoms with Gasteiger partial charge in [0.15, 0.2) is 0 Å². The zero-order valence-electron chi connectivity index (χ0n) is 10.5. The van der Waals surface area contributed by atoms with E-state index in [1.165, 1.54) is 22.5 Å². The lowest BCUT2D eigenvalue weighted by Gasteiger charge is -2.36. The Balaban J connectivity index is 2.01. The number of piperidine rings is 1. The fraction of sp³-hybridized carbons (Fsp3) is 0.538. The van der Waals surface area contributed by atoms with Crippen molar-refractivity contribution >= 4 is 10.0 Å². The molecule has 2 aliphatic rings. The van der Waals surface area contributed by atoms with E-state index in [2.05, 4.69) is 0 Å². The molecule has 19 heavy (non-hydrogen) atoms. The van der Waals surface area contributed by atoms with Gasteiger partial charge < -0.3 is 5.73 Å². The highest BCUT2D eigenvalue weighted by atomic mass is 32.2. The van der Waals surface area contributed by atoms with Crippen LogP contribution < -0.4 is 5.73 Å². The zero-order valence-corrected chi connectivity index (χ0v) is 11.3. The van der Waals surface area contributed by atoms with Gasteiger partial charge in [0.2, 0.25) is 10.0 Å². The van der Waals surface area contributed by atoms with E-state index in [4.69, 9.17) is 5.73 Å². The van der Waals surface area contributed by atoms with Gasteiger partial charge in [-0.3, -0.25) is 0 Å². The Morgan fingerprint density at radius 3 is 2.32 bits per heavy atom. The average molecular weight is 284 g/mol. The van der Waals surface area contributed by atoms with Crippen molar-refractivity contribution in [3.05, 3.63) is 30.1 Å². The third-order valence-electron chi connectivity index (χ3n) is 4.09. The summed E-state index contributed by atoms with van der Waals surface area (Å²) in [6, 6.07) is 5.48. The van der Waals surface area contributed by atoms with Crippen LogP contribution in [0.25, 0.3) is 0 Å². The van der Waals surface area contributed by atoms with E-state index >= 15 is 0 Å². The summed E-state index contributed by atoms with van der Waals surface area (Å²) in [5.74, 6) is -0.684. The van der Waals surface area contributed by atoms with E-state index < -0.39 is 15.8 Å². The number of fused-ring (bicyclic) bond motifs is 2. The zero-order chi connectivity index (χ0) is 13.6. The summed E-state index contributed by atoms with van der Waals surface area (Å²) in [5, 5.41) is 0. The van der Waals surface area contributed by atoms with Gasteiger partial charge in [0.1, 0.15) is 10.7 Å². The lowest BCUT2D eigenvalue weighted by atomic mass is 10.0. The van der Waals surface area contributed by atoms with Crippen molar-refractivity contribution in [3.8, 4) is 0 Å². The van der Waals surface area contributed by atoms with E-state index in [9.17, 15) is 12.8 Å². The minimum absolute atomic E-state index is 0.0598. The van der Waals surface area contributed by atoms with Crippen LogP contribution in [0, 0.1) is 5.82 Å². The summed E-state index contributed by atoms with van der Waals surface area (Å²) in [6.07, 6.45) is 2.99. The third kappa shape index (κ3) is 2.07. The lowest BCUT2D eigenvalue weighted by molar-refractivity contribution is 0.226. The molecule has 2 bridgehead atoms. The van der Waals surface area contributed by atoms with Crippen LogP contribution >= 0.6 is 0 Å². The largest absolute Gasteiger partial charge is 0.328 e. The van der Waals surface area contributed by atoms with Crippen LogP contribution in [0.2, 0.25) is 0 Å². The summed E-state index contributed by atoms with van der Waals surface area (Å²) in [4.78, 5) is -0.220. The van der Waals surface area contributed by atoms with Crippen molar-refractivity contribution in [2.24, 2.45) is 5.73 Å². The molecule has 2 unspecified atom stereocenters. The molecule has 2 N–H and O–H groups in total. The second kappa shape index (κ2) is 4.54. The third-order valence-corrected chi connectivity index (χ3v) is 6.13. The Bertz CT molecular complexity index is 576. The van der Waals surface area contributed by atoms with E-state index in [0.717, 1.165) is 12.8 Å². The van der Waals surface area contributed by atoms with Crippen LogP contribution in [0.5, 0.6) is 0 Å². The summed E-state index contributed by atoms with van der Waals surface area (Å²) in [7, 11) is -3.75. The molecule has 2 heterocycles. The van der Waals surface area contributed by atoms with Crippen LogP contribution in [-0.4, -0.2) is 30.8 Å². The molecule has 2 saturated heterocycles. The Morgan fingerprint density at radius 1 is 1.16 bits per heavy atom. The van der Waals surface area contributed by atoms with Crippen molar-refractivity contribution in [2.75, 3.05) is 0 Å². The molecule has 3 rings (SSSR count). The van der Waals surface area contributed by atoms with Crippen molar-refractivity contribution in [1.29, 1.82) is 0 Å². The highest BCUT2D eigenvalue weighted by molar-refractivity contribution is 7.89. The monoisotopic (exact) mass is 284 g/mol. The molecule has 1 aromatic rings. The Morgan fingerprint density at radius 2 is 1.74 bits per heavy atom. The van der Waals surface area contributed by atoms with E-state index in [1.807, 2.05) is 0 Å². The maximum Gasteiger partial charge on any atom is 0.246 e. The number of halogens is 1. The van der Waals surface area contributed by atoms with Crippen LogP contribution in [0.4, 0.5) is 4.39 Å². The second-order valence-corrected chi connectivity index (χ2v) is 7.19. The molecule has 4 nitrogen and oxygen atoms in total. The molecule has 6 heteroatoms. The van der Waals surface area contributed by atoms with Crippen LogP contribution in [0.1, 0.15) is 25.7 Å². The Hall–Kier alpha value is -0.980. The molecule has 104 valence electrons. The lowest BCUT2D eigenvalue weighted by Crippen LogP contribution is -2.50. The predicted octanol–water partition coefficient (Wildman–Crippen LogP) is 1.47. The van der Waals surface area contributed by atoms with Gasteiger partial charge in [-0.2, -0.15) is 4.31 Å². The number of sulfonamides is 1. The van der Waals surface area contributed by atoms with Crippen LogP contribution in [0.3, 0.4) is 0 Å². The quantitative estimate of drug-likeness (QED) is 0.894. The summed E-state index contributed by atoms with van der Waals surface area (Å²) in [5.41, 5.74) is 5.93. The first-order chi connectivity index (χ1) is 9.00. The van der Waals surface area contributed by atoms with Crippen molar-refractivity contribution < 1.29 is 12.8 Å². The molecule has 0 aromatic heterocycles. The normalized spacial score (nSPS) is 31.6. The predicted molar refractivity (Wildman–Crippen MR) is 69.4 cm³/mol. The van der Waals surface area contributed by atoms with Gasteiger partial charge >= 0.3 is 0 Å². The van der Waals surface area contributed by atoms with Crippen LogP contribution in [-0.2, 0) is 10.0 Å². The highest BCUT2D eigenvalue weighted by Gasteiger charge is 2.46. The molecule has 0 spiro atoms. The van der Waals surface area contributed by atoms with E-state index in [1.54, 1.807) is 6.07 Å². The molecule has 0 saturated carbocycles. The number of nitrogens with zero attached hydrogens (tertiary/aromatic N) is 1. The SMILES string of the molecule is NC1CC2CCC(C1)N2S(=O)(=O)c1ccccc1F. The Kier molecular flexibility index (Phi) is 3.11. The molecular formula is C13H17FN2O2S. The van der Waals surface area contributed by atoms with Gasteiger partial charge in [-0.1, -0.05) is 12.1 Å². The van der Waals surface area contributed by atoms with Gasteiger partial charge in [-0.05, 0) is 37.8 Å². The average Bonchev–Trinajstić information content (AvgIpc) is 2.63. The summed E-state index contributed by atoms with van der Waals surface area (Å²) >= 11 is 0. The highest BCUT2D eigenvalue weighted by Crippen LogP contribution is 2.39. The van der Waals surface area contributed by atoms with E-state index in [0.29, 0.717) is 12.8 Å². The first-order valence-corrected chi connectivity index (χ1v) is 7.98. The fourth-order valence-corrected chi connectivity index (χ4v) is 5.30. The van der Waals surface area contributed by atoms with Crippen molar-refractivity contribution in [3.63, 3.8) is 0 Å². The minimum atomic E-state index is -3.75. The fourth-order valence-electron chi connectivity index (χ4n) is 3.34. The van der Waals surface area contributed by atoms with Gasteiger partial charge in [0, 0.05) is 18.1 Å². The molecule has 0 amide bonds. The van der Waals surface area contributed by atoms with E-state index in [-0.39, 0.29) is 23.0 Å². The molecule has 0 aliphatic carbocycles. The molecule has 1 aromatic carbocycles. The molecule has 0 radical (unpaired) electrons. The minimum Gasteiger partial charge on any atom is -0.328 e. The van der Waals surface area contributed by atoms with Crippen molar-refractivity contribution in [1.82, 2.24) is 4.31 Å². The number of nitrogens with two attached hydrogens (primary N) is 1. The van der Waals surface area contributed by atoms with Gasteiger partial charge in [-0.25, -0.2) is 12.8 Å². The number of hydrogen-bond donors (Lipinski definition) is 1. The first-order valence-electron chi connectivity index (χ1n) is 6.54. The van der Waals surface area contributed by atoms with Crippen molar-refractivity contribution in [2.45, 2.75) is 48.7 Å². The molecule has 2 atom stereocenters. The van der Waals surface area contributed by atoms with Gasteiger partial charge in [0.05, 0.1) is 0 Å². The van der Waals surface area contributed by atoms with Gasteiger partial charge in [-0.15, -0.1) is 0 Å². The maximum atomic E-state index is 13.8. The maximum absolute atomic E-state index is 13.8. The number of rotatable bonds is 2. The van der Waals surface area contributed by atoms with Gasteiger partial charge in [0.25, 0.3) is 0 Å². The Labute approximate surface area is 112 Å². The second-order valence-electron chi connectivity index (χ2n) is 5.38. The molecule has 2 aliphatic heterocycles. The number of benzene rings is 1. The topological polar surface area (TPSA) is 63.4 Å². The number of hydrogen-bond acceptors (Lipinski definition) is 3. The summed E-state index contributed by atoms with van der Waals surface area (Å²) < 4.78 is 40.5. The first kappa shape index (κ1) is 13.0. The summed E-state index contributed by atoms with van der Waals surface area (Å²) in [6.45, 7) is 0. The van der Waals surface area contributed by atoms with Crippen LogP contribution in [0.15, 0.2) is 29.2 Å². The molecule has 2 fully saturated rings. The smallest absolute Gasteiger partial charge is 0.246 e. The standard InChI is InChI=1S/C13H17FN2O2S/c14-12-3-1-2-4-13(12)19(17,18)16-10-5-6-11(16)8-9(15)7-10/h1-4,9-11H,5-8,15H2. The molecular weight excluding hydrogens is 267 g/mol.